The predicted molar refractivity (Wildman–Crippen MR) is 446 cm³/mol. The van der Waals surface area contributed by atoms with Crippen LogP contribution in [0, 0.1) is 5.92 Å². The predicted octanol–water partition coefficient (Wildman–Crippen LogP) is -2.56. The highest BCUT2D eigenvalue weighted by Gasteiger charge is 2.40. The number of hydrogen-bond acceptors (Lipinski definition) is 28. The first-order valence-electron chi connectivity index (χ1n) is 40.4. The van der Waals surface area contributed by atoms with Gasteiger partial charge in [-0.25, -0.2) is 4.79 Å². The minimum absolute atomic E-state index is 0.00173. The first-order valence-corrected chi connectivity index (χ1v) is 43.9. The van der Waals surface area contributed by atoms with Crippen molar-refractivity contribution in [3.05, 3.63) is 35.9 Å². The summed E-state index contributed by atoms with van der Waals surface area (Å²) in [7, 11) is 4.47. The number of aliphatic hydroxyl groups is 1. The van der Waals surface area contributed by atoms with Gasteiger partial charge in [-0.1, -0.05) is 48.4 Å². The lowest BCUT2D eigenvalue weighted by Crippen LogP contribution is -2.55. The largest absolute Gasteiger partial charge is 0.493 e. The molecule has 676 valence electrons. The Labute approximate surface area is 715 Å². The van der Waals surface area contributed by atoms with E-state index in [1.165, 1.54) is 39.2 Å². The maximum Gasteiger partial charge on any atom is 0.314 e. The van der Waals surface area contributed by atoms with E-state index in [4.69, 9.17) is 30.4 Å². The molecule has 18 amide bonds. The Morgan fingerprint density at radius 2 is 1.09 bits per heavy atom. The Morgan fingerprint density at radius 1 is 0.537 bits per heavy atom. The number of unbranched alkanes of at least 4 members (excludes halogenated alkanes) is 3. The maximum absolute atomic E-state index is 13.9. The smallest absolute Gasteiger partial charge is 0.314 e. The second-order valence-electron chi connectivity index (χ2n) is 28.0. The van der Waals surface area contributed by atoms with E-state index >= 15 is 0 Å². The highest BCUT2D eigenvalue weighted by molar-refractivity contribution is 8.76. The molecule has 0 aliphatic carbocycles. The van der Waals surface area contributed by atoms with Crippen molar-refractivity contribution in [1.29, 1.82) is 0 Å². The van der Waals surface area contributed by atoms with Gasteiger partial charge in [-0.2, -0.15) is 0 Å². The molecule has 3 rings (SSSR count). The summed E-state index contributed by atoms with van der Waals surface area (Å²) in [5.41, 5.74) is 11.9. The fourth-order valence-electron chi connectivity index (χ4n) is 11.5. The van der Waals surface area contributed by atoms with Crippen LogP contribution in [0.5, 0.6) is 11.5 Å². The fraction of sp³-hybridized carbons (Fsp3) is 0.649. The van der Waals surface area contributed by atoms with E-state index in [9.17, 15) is 96.2 Å². The Bertz CT molecular complexity index is 3660. The number of likely N-dealkylation sites (tertiary alicyclic amines) is 1. The number of hydrogen-bond donors (Lipinski definition) is 16. The number of imide groups is 2. The average molecular weight is 1770 g/mol. The highest BCUT2D eigenvalue weighted by Crippen LogP contribution is 2.30. The van der Waals surface area contributed by atoms with Crippen molar-refractivity contribution in [3.63, 3.8) is 0 Å². The standard InChI is InChI=1S/C77H121N17O24S3/c1-7-52(70(78)107)90-75(112)55(18-12-15-29-83-65(102)44-50-19-20-57(58(43-50)115-6)118-69(106)25-35-93-66(103)21-22-67(93)104)91-72(109)51(42-48(4)95)46-87-63(100)24-34-94-68(105)45-59(76(94)113)119-47-56(71(79)108)92-74(111)54(17-11-13-27-81-60(97)8-2)89-64(101)26-36-116-38-39-117-37-31-84-73(110)53(88-61(98)9-3)16-10-14-28-82-62(99)23-30-85-77(114)86-33-41-121-120-40-32-80-49(5)96/h19-22,43,51-56,59,70,107H,7-18,23-42,44-47,78H2,1-6H3,(H2,79,108)(H,80,96)(H,81,97)(H,82,99)(H,83,102)(H,84,110)(H,87,100)(H,88,98)(H,89,101)(H,90,112)(H,91,109)(H,92,111)(H2,85,86,114). The van der Waals surface area contributed by atoms with Gasteiger partial charge in [-0.3, -0.25) is 91.3 Å². The number of urea groups is 1. The third-order valence-corrected chi connectivity index (χ3v) is 21.9. The van der Waals surface area contributed by atoms with Gasteiger partial charge in [0.2, 0.25) is 82.7 Å². The van der Waals surface area contributed by atoms with Crippen LogP contribution in [0.15, 0.2) is 30.4 Å². The molecule has 0 spiro atoms. The number of aliphatic hydroxyl groups excluding tert-OH is 1. The molecule has 1 aromatic carbocycles. The molecule has 0 aromatic heterocycles. The molecule has 8 atom stereocenters. The lowest BCUT2D eigenvalue weighted by atomic mass is 10.00. The van der Waals surface area contributed by atoms with Crippen LogP contribution >= 0.6 is 33.3 Å². The van der Waals surface area contributed by atoms with E-state index in [1.807, 2.05) is 0 Å². The minimum Gasteiger partial charge on any atom is -0.493 e. The number of primary amides is 1. The van der Waals surface area contributed by atoms with Crippen LogP contribution in [0.25, 0.3) is 0 Å². The summed E-state index contributed by atoms with van der Waals surface area (Å²) in [4.78, 5) is 244. The van der Waals surface area contributed by atoms with E-state index in [0.717, 1.165) is 39.5 Å². The molecular formula is C77H121N17O24S3. The van der Waals surface area contributed by atoms with Gasteiger partial charge in [0, 0.05) is 147 Å². The number of nitrogens with zero attached hydrogens (tertiary/aromatic N) is 2. The van der Waals surface area contributed by atoms with Crippen LogP contribution in [0.2, 0.25) is 0 Å². The molecule has 1 saturated heterocycles. The summed E-state index contributed by atoms with van der Waals surface area (Å²) in [6.45, 7) is 8.66. The number of nitrogens with two attached hydrogens (primary N) is 2. The zero-order valence-electron chi connectivity index (χ0n) is 69.6. The molecule has 8 unspecified atom stereocenters. The van der Waals surface area contributed by atoms with Crippen LogP contribution in [-0.2, 0) is 102 Å². The van der Waals surface area contributed by atoms with E-state index in [0.29, 0.717) is 69.5 Å². The van der Waals surface area contributed by atoms with Crippen molar-refractivity contribution in [3.8, 4) is 11.5 Å². The second-order valence-corrected chi connectivity index (χ2v) is 31.9. The van der Waals surface area contributed by atoms with Crippen LogP contribution in [0.3, 0.4) is 0 Å². The number of carbonyl (C=O) groups is 19. The van der Waals surface area contributed by atoms with Crippen LogP contribution in [-0.4, -0.2) is 285 Å². The van der Waals surface area contributed by atoms with Gasteiger partial charge in [0.15, 0.2) is 11.5 Å². The highest BCUT2D eigenvalue weighted by atomic mass is 33.1. The molecular weight excluding hydrogens is 1640 g/mol. The number of benzene rings is 1. The van der Waals surface area contributed by atoms with E-state index in [-0.39, 0.29) is 177 Å². The van der Waals surface area contributed by atoms with Crippen molar-refractivity contribution in [2.45, 2.75) is 198 Å². The Kier molecular flexibility index (Phi) is 52.6. The van der Waals surface area contributed by atoms with Crippen molar-refractivity contribution in [2.24, 2.45) is 17.4 Å². The molecule has 18 N–H and O–H groups in total. The van der Waals surface area contributed by atoms with Crippen molar-refractivity contribution < 1.29 is 115 Å². The average Bonchev–Trinajstić information content (AvgIpc) is 1.73. The Hall–Kier alpha value is -10.0. The topological polar surface area (TPSA) is 596 Å². The summed E-state index contributed by atoms with van der Waals surface area (Å²) in [5, 5.41) is 43.8. The lowest BCUT2D eigenvalue weighted by Gasteiger charge is -2.26. The zero-order valence-corrected chi connectivity index (χ0v) is 72.0. The number of amides is 18. The molecule has 44 heteroatoms. The van der Waals surface area contributed by atoms with Crippen molar-refractivity contribution in [2.75, 3.05) is 116 Å². The number of carbonyl (C=O) groups excluding carboxylic acids is 19. The normalized spacial score (nSPS) is 14.6. The second kappa shape index (κ2) is 60.5. The van der Waals surface area contributed by atoms with E-state index in [2.05, 4.69) is 69.1 Å². The first kappa shape index (κ1) is 105. The molecule has 121 heavy (non-hydrogen) atoms. The van der Waals surface area contributed by atoms with Crippen LogP contribution in [0.1, 0.15) is 156 Å². The van der Waals surface area contributed by atoms with Gasteiger partial charge >= 0.3 is 12.0 Å². The SMILES string of the molecule is CCC(=O)NCCCCC(NC(=O)CCOCCOCCNC(=O)C(CCCCNC(=O)CCNC(=O)NCCSSCCNC(C)=O)NC(=O)CC)C(=O)NC(CSC1CC(=O)N(CCC(=O)NCC(CC(C)=O)C(=O)NC(CCCCNC(=O)Cc2ccc(OC(=O)CCN3C(=O)C=CC3=O)c(OC)c2)C(=O)NC(CC)C(N)O)C1=O)C(N)=O. The van der Waals surface area contributed by atoms with Gasteiger partial charge in [0.1, 0.15) is 36.2 Å². The molecule has 2 heterocycles. The third kappa shape index (κ3) is 44.9. The fourth-order valence-corrected chi connectivity index (χ4v) is 14.5. The van der Waals surface area contributed by atoms with Gasteiger partial charge in [0.05, 0.1) is 63.6 Å². The van der Waals surface area contributed by atoms with E-state index < -0.39 is 156 Å². The molecule has 1 fully saturated rings. The third-order valence-electron chi connectivity index (χ3n) is 18.2. The van der Waals surface area contributed by atoms with Crippen molar-refractivity contribution in [1.82, 2.24) is 78.9 Å². The quantitative estimate of drug-likeness (QED) is 0.00797. The lowest BCUT2D eigenvalue weighted by molar-refractivity contribution is -0.141. The molecule has 2 aliphatic rings. The van der Waals surface area contributed by atoms with Gasteiger partial charge < -0.3 is 109 Å². The molecule has 2 aliphatic heterocycles. The number of methoxy groups -OCH3 is 1. The van der Waals surface area contributed by atoms with Crippen LogP contribution < -0.4 is 90.1 Å². The molecule has 0 saturated carbocycles. The first-order chi connectivity index (χ1) is 57.8. The Balaban J connectivity index is 1.46. The van der Waals surface area contributed by atoms with Crippen molar-refractivity contribution >= 4 is 146 Å². The molecule has 1 aromatic rings. The van der Waals surface area contributed by atoms with Gasteiger partial charge in [-0.15, -0.1) is 11.8 Å². The summed E-state index contributed by atoms with van der Waals surface area (Å²) < 4.78 is 21.9. The summed E-state index contributed by atoms with van der Waals surface area (Å²) >= 11 is 0.847. The zero-order chi connectivity index (χ0) is 89.6. The molecule has 0 bridgehead atoms. The number of Topliss-reactive ketones (excluding diaryl/α,β-unsaturated/α-hetero) is 1. The number of rotatable bonds is 65. The summed E-state index contributed by atoms with van der Waals surface area (Å²) in [5.74, 6) is -9.95. The Morgan fingerprint density at radius 3 is 1.69 bits per heavy atom. The molecule has 41 nitrogen and oxygen atoms in total. The number of ketones is 1. The molecule has 0 radical (unpaired) electrons. The monoisotopic (exact) mass is 1760 g/mol. The number of ether oxygens (including phenoxy) is 4. The number of thioether (sulfide) groups is 1. The van der Waals surface area contributed by atoms with Crippen LogP contribution in [0.4, 0.5) is 4.79 Å². The van der Waals surface area contributed by atoms with Gasteiger partial charge in [-0.05, 0) is 88.8 Å². The van der Waals surface area contributed by atoms with Gasteiger partial charge in [0.25, 0.3) is 11.8 Å². The summed E-state index contributed by atoms with van der Waals surface area (Å²) in [6.07, 6.45) is 2.26. The number of esters is 1. The minimum atomic E-state index is -1.47. The number of nitrogens with one attached hydrogen (secondary N) is 13. The maximum atomic E-state index is 13.9. The van der Waals surface area contributed by atoms with E-state index in [1.54, 1.807) is 42.4 Å². The summed E-state index contributed by atoms with van der Waals surface area (Å²) in [6, 6.07) is -1.58.